The Bertz CT molecular complexity index is 238. The van der Waals surface area contributed by atoms with E-state index in [4.69, 9.17) is 5.84 Å². The first-order valence-electron chi connectivity index (χ1n) is 4.59. The van der Waals surface area contributed by atoms with Crippen LogP contribution in [-0.4, -0.2) is 15.9 Å². The average Bonchev–Trinajstić information content (AvgIpc) is 2.42. The van der Waals surface area contributed by atoms with E-state index < -0.39 is 0 Å². The monoisotopic (exact) mass is 150 g/mol. The van der Waals surface area contributed by atoms with Crippen molar-refractivity contribution in [3.8, 4) is 0 Å². The van der Waals surface area contributed by atoms with E-state index in [2.05, 4.69) is 6.92 Å². The van der Waals surface area contributed by atoms with E-state index in [0.717, 1.165) is 11.8 Å². The maximum atomic E-state index is 7.90. The highest BCUT2D eigenvalue weighted by Gasteiger charge is 2.63. The van der Waals surface area contributed by atoms with Crippen molar-refractivity contribution in [2.75, 3.05) is 0 Å². The fourth-order valence-corrected chi connectivity index (χ4v) is 3.48. The second kappa shape index (κ2) is 1.47. The molecule has 2 aliphatic heterocycles. The largest absolute Gasteiger partial charge is 0.454 e. The quantitative estimate of drug-likeness (QED) is 0.472. The topological polar surface area (TPSA) is 26.8 Å². The summed E-state index contributed by atoms with van der Waals surface area (Å²) in [4.78, 5) is 0. The summed E-state index contributed by atoms with van der Waals surface area (Å²) >= 11 is 0. The summed E-state index contributed by atoms with van der Waals surface area (Å²) in [7, 11) is 0. The van der Waals surface area contributed by atoms with Crippen LogP contribution >= 0.6 is 0 Å². The third kappa shape index (κ3) is 0.445. The molecule has 0 saturated heterocycles. The molecule has 1 aliphatic carbocycles. The SMILES string of the molecule is CC12C3CCC1CC(=[N+]2[NH-])C3. The number of hydrogen-bond acceptors (Lipinski definition) is 0. The van der Waals surface area contributed by atoms with Crippen molar-refractivity contribution in [3.05, 3.63) is 5.84 Å². The minimum absolute atomic E-state index is 0.259. The minimum Gasteiger partial charge on any atom is -0.454 e. The summed E-state index contributed by atoms with van der Waals surface area (Å²) in [5.74, 6) is 9.56. The van der Waals surface area contributed by atoms with Gasteiger partial charge in [0.25, 0.3) is 0 Å². The predicted molar refractivity (Wildman–Crippen MR) is 43.4 cm³/mol. The normalized spacial score (nSPS) is 52.8. The lowest BCUT2D eigenvalue weighted by molar-refractivity contribution is -0.539. The van der Waals surface area contributed by atoms with Crippen molar-refractivity contribution in [2.24, 2.45) is 11.8 Å². The van der Waals surface area contributed by atoms with Crippen LogP contribution in [0.3, 0.4) is 0 Å². The fourth-order valence-electron chi connectivity index (χ4n) is 3.48. The van der Waals surface area contributed by atoms with Crippen LogP contribution in [0.5, 0.6) is 0 Å². The van der Waals surface area contributed by atoms with Crippen LogP contribution < -0.4 is 0 Å². The molecule has 3 rings (SSSR count). The maximum absolute atomic E-state index is 7.90. The Morgan fingerprint density at radius 3 is 2.27 bits per heavy atom. The zero-order chi connectivity index (χ0) is 7.64. The van der Waals surface area contributed by atoms with Gasteiger partial charge in [-0.1, -0.05) is 0 Å². The summed E-state index contributed by atoms with van der Waals surface area (Å²) in [6.45, 7) is 2.29. The Morgan fingerprint density at radius 1 is 1.36 bits per heavy atom. The van der Waals surface area contributed by atoms with Crippen LogP contribution in [0.25, 0.3) is 5.84 Å². The van der Waals surface area contributed by atoms with E-state index in [-0.39, 0.29) is 5.54 Å². The molecule has 2 heteroatoms. The molecular formula is C9H14N2. The summed E-state index contributed by atoms with van der Waals surface area (Å²) < 4.78 is 1.84. The summed E-state index contributed by atoms with van der Waals surface area (Å²) in [6, 6.07) is 0. The van der Waals surface area contributed by atoms with Crippen molar-refractivity contribution in [2.45, 2.75) is 38.1 Å². The summed E-state index contributed by atoms with van der Waals surface area (Å²) in [6.07, 6.45) is 5.22. The molecule has 0 aromatic heterocycles. The van der Waals surface area contributed by atoms with E-state index in [1.165, 1.54) is 31.4 Å². The molecule has 3 aliphatic rings. The van der Waals surface area contributed by atoms with E-state index in [1.54, 1.807) is 0 Å². The first-order chi connectivity index (χ1) is 5.23. The molecule has 0 radical (unpaired) electrons. The first-order valence-corrected chi connectivity index (χ1v) is 4.59. The number of rotatable bonds is 0. The number of hydrogen-bond donors (Lipinski definition) is 0. The molecule has 0 amide bonds. The zero-order valence-electron chi connectivity index (χ0n) is 6.93. The molecule has 0 aromatic rings. The highest BCUT2D eigenvalue weighted by Crippen LogP contribution is 2.55. The van der Waals surface area contributed by atoms with Gasteiger partial charge in [-0.2, -0.15) is 0 Å². The highest BCUT2D eigenvalue weighted by atomic mass is 15.4. The zero-order valence-corrected chi connectivity index (χ0v) is 6.93. The number of nitrogens with zero attached hydrogens (tertiary/aromatic N) is 1. The minimum atomic E-state index is 0.259. The number of nitrogens with one attached hydrogen (secondary N) is 1. The Morgan fingerprint density at radius 2 is 1.91 bits per heavy atom. The van der Waals surface area contributed by atoms with Gasteiger partial charge < -0.3 is 5.84 Å². The lowest BCUT2D eigenvalue weighted by atomic mass is 9.77. The van der Waals surface area contributed by atoms with Crippen LogP contribution in [0.1, 0.15) is 32.6 Å². The Balaban J connectivity index is 2.18. The first kappa shape index (κ1) is 6.04. The van der Waals surface area contributed by atoms with E-state index in [1.807, 2.05) is 4.68 Å². The van der Waals surface area contributed by atoms with E-state index >= 15 is 0 Å². The molecule has 2 bridgehead atoms. The van der Waals surface area contributed by atoms with E-state index in [9.17, 15) is 0 Å². The van der Waals surface area contributed by atoms with Gasteiger partial charge in [0.1, 0.15) is 5.71 Å². The smallest absolute Gasteiger partial charge is 0.160 e. The van der Waals surface area contributed by atoms with Crippen LogP contribution in [-0.2, 0) is 0 Å². The van der Waals surface area contributed by atoms with Crippen molar-refractivity contribution in [1.29, 1.82) is 0 Å². The third-order valence-electron chi connectivity index (χ3n) is 4.28. The predicted octanol–water partition coefficient (Wildman–Crippen LogP) is 2.00. The van der Waals surface area contributed by atoms with Crippen molar-refractivity contribution < 1.29 is 4.68 Å². The van der Waals surface area contributed by atoms with Gasteiger partial charge in [0.15, 0.2) is 5.54 Å². The van der Waals surface area contributed by atoms with Gasteiger partial charge in [0, 0.05) is 31.6 Å². The molecule has 11 heavy (non-hydrogen) atoms. The van der Waals surface area contributed by atoms with Gasteiger partial charge in [0.05, 0.1) is 0 Å². The van der Waals surface area contributed by atoms with Gasteiger partial charge in [-0.15, -0.1) is 0 Å². The third-order valence-corrected chi connectivity index (χ3v) is 4.28. The van der Waals surface area contributed by atoms with Crippen molar-refractivity contribution >= 4 is 5.71 Å². The van der Waals surface area contributed by atoms with Gasteiger partial charge in [0.2, 0.25) is 0 Å². The second-order valence-electron chi connectivity index (χ2n) is 4.51. The van der Waals surface area contributed by atoms with Gasteiger partial charge in [-0.05, 0) is 12.8 Å². The second-order valence-corrected chi connectivity index (χ2v) is 4.51. The Labute approximate surface area is 67.1 Å². The molecule has 1 saturated carbocycles. The molecule has 0 aromatic carbocycles. The van der Waals surface area contributed by atoms with Gasteiger partial charge >= 0.3 is 0 Å². The van der Waals surface area contributed by atoms with Gasteiger partial charge in [-0.3, -0.25) is 4.68 Å². The molecule has 2 unspecified atom stereocenters. The van der Waals surface area contributed by atoms with E-state index in [0.29, 0.717) is 0 Å². The maximum Gasteiger partial charge on any atom is 0.160 e. The fraction of sp³-hybridized carbons (Fsp3) is 0.889. The van der Waals surface area contributed by atoms with Crippen molar-refractivity contribution in [1.82, 2.24) is 0 Å². The molecule has 1 N–H and O–H groups in total. The summed E-state index contributed by atoms with van der Waals surface area (Å²) in [5, 5.41) is 0. The lowest BCUT2D eigenvalue weighted by Gasteiger charge is -2.27. The van der Waals surface area contributed by atoms with Crippen LogP contribution in [0.4, 0.5) is 0 Å². The lowest BCUT2D eigenvalue weighted by Crippen LogP contribution is -2.38. The molecule has 2 heterocycles. The van der Waals surface area contributed by atoms with Crippen LogP contribution in [0.15, 0.2) is 0 Å². The highest BCUT2D eigenvalue weighted by molar-refractivity contribution is 5.84. The Kier molecular flexibility index (Phi) is 0.809. The molecular weight excluding hydrogens is 136 g/mol. The van der Waals surface area contributed by atoms with Crippen LogP contribution in [0, 0.1) is 11.8 Å². The molecule has 60 valence electrons. The Hall–Kier alpha value is -0.530. The molecule has 2 nitrogen and oxygen atoms in total. The average molecular weight is 150 g/mol. The molecule has 2 atom stereocenters. The molecule has 0 spiro atoms. The van der Waals surface area contributed by atoms with Gasteiger partial charge in [-0.25, -0.2) is 0 Å². The summed E-state index contributed by atoms with van der Waals surface area (Å²) in [5.41, 5.74) is 1.68. The standard InChI is InChI=1S/C9H14N2/c1-9-6-2-3-7(9)5-8(4-6)11(9)10/h6-7,10H,2-5H2,1H3. The van der Waals surface area contributed by atoms with Crippen molar-refractivity contribution in [3.63, 3.8) is 0 Å². The van der Waals surface area contributed by atoms with Crippen LogP contribution in [0.2, 0.25) is 0 Å². The molecule has 1 fully saturated rings.